The lowest BCUT2D eigenvalue weighted by atomic mass is 9.83. The minimum Gasteiger partial charge on any atom is -0.481 e. The molecule has 45 heavy (non-hydrogen) atoms. The summed E-state index contributed by atoms with van der Waals surface area (Å²) in [5.74, 6) is 0.635. The maximum atomic E-state index is 13.4. The van der Waals surface area contributed by atoms with Crippen LogP contribution < -0.4 is 24.7 Å². The van der Waals surface area contributed by atoms with Crippen LogP contribution in [0.2, 0.25) is 10.0 Å². The zero-order valence-electron chi connectivity index (χ0n) is 25.0. The number of anilines is 2. The van der Waals surface area contributed by atoms with E-state index in [2.05, 4.69) is 38.8 Å². The second-order valence-corrected chi connectivity index (χ2v) is 12.9. The number of carboxylic acid groups (broad SMARTS) is 1. The van der Waals surface area contributed by atoms with E-state index in [1.807, 2.05) is 18.2 Å². The molecule has 0 spiro atoms. The molecule has 1 atom stereocenters. The van der Waals surface area contributed by atoms with E-state index in [0.29, 0.717) is 51.6 Å². The second-order valence-electron chi connectivity index (χ2n) is 12.1. The topological polar surface area (TPSA) is 113 Å². The molecule has 4 fully saturated rings. The number of nitrogens with zero attached hydrogens (tertiary/aromatic N) is 6. The largest absolute Gasteiger partial charge is 0.481 e. The fraction of sp³-hybridized carbons (Fsp3) is 0.375. The van der Waals surface area contributed by atoms with Crippen LogP contribution in [0.3, 0.4) is 0 Å². The maximum Gasteiger partial charge on any atom is 0.341 e. The SMILES string of the molecule is COc1ccc(Cl)c(OCC2C3CC(C3)N2c2cc3c(cc2Cl)c(=O)c(C(=O)O)cn3-c2ccc(N3CC(N(C)C)C3)nc2)n1. The van der Waals surface area contributed by atoms with Crippen LogP contribution in [0, 0.1) is 5.92 Å². The molecule has 2 bridgehead atoms. The predicted molar refractivity (Wildman–Crippen MR) is 173 cm³/mol. The number of fused-ring (bicyclic) bond motifs is 2. The Hall–Kier alpha value is -4.06. The molecule has 1 aliphatic carbocycles. The number of pyridine rings is 3. The number of ether oxygens (including phenoxy) is 2. The molecular weight excluding hydrogens is 619 g/mol. The first-order chi connectivity index (χ1) is 21.6. The van der Waals surface area contributed by atoms with Crippen molar-refractivity contribution in [2.75, 3.05) is 50.7 Å². The summed E-state index contributed by atoms with van der Waals surface area (Å²) in [7, 11) is 5.66. The molecule has 4 aromatic rings. The number of likely N-dealkylation sites (N-methyl/N-ethyl adjacent to an activating group) is 1. The number of aromatic carboxylic acids is 1. The van der Waals surface area contributed by atoms with E-state index in [9.17, 15) is 14.7 Å². The predicted octanol–water partition coefficient (Wildman–Crippen LogP) is 4.59. The summed E-state index contributed by atoms with van der Waals surface area (Å²) in [4.78, 5) is 41.1. The Kier molecular flexibility index (Phi) is 7.50. The fourth-order valence-corrected chi connectivity index (χ4v) is 7.04. The van der Waals surface area contributed by atoms with E-state index in [-0.39, 0.29) is 23.0 Å². The number of hydrogen-bond acceptors (Lipinski definition) is 9. The van der Waals surface area contributed by atoms with E-state index < -0.39 is 11.4 Å². The number of aromatic nitrogens is 3. The minimum atomic E-state index is -1.31. The van der Waals surface area contributed by atoms with Crippen molar-refractivity contribution in [3.8, 4) is 17.4 Å². The first-order valence-electron chi connectivity index (χ1n) is 14.7. The lowest BCUT2D eigenvalue weighted by Gasteiger charge is -2.43. The Morgan fingerprint density at radius 2 is 1.89 bits per heavy atom. The van der Waals surface area contributed by atoms with Crippen molar-refractivity contribution in [3.05, 3.63) is 74.6 Å². The first kappa shape index (κ1) is 29.6. The Balaban J connectivity index is 1.25. The van der Waals surface area contributed by atoms with Crippen LogP contribution in [0.15, 0.2) is 53.6 Å². The Morgan fingerprint density at radius 1 is 1.11 bits per heavy atom. The van der Waals surface area contributed by atoms with Crippen LogP contribution in [0.4, 0.5) is 11.5 Å². The molecule has 0 amide bonds. The van der Waals surface area contributed by atoms with Gasteiger partial charge >= 0.3 is 5.97 Å². The van der Waals surface area contributed by atoms with Gasteiger partial charge in [-0.05, 0) is 63.2 Å². The van der Waals surface area contributed by atoms with Gasteiger partial charge in [-0.15, -0.1) is 0 Å². The molecule has 1 unspecified atom stereocenters. The van der Waals surface area contributed by atoms with Crippen molar-refractivity contribution in [3.63, 3.8) is 0 Å². The standard InChI is InChI=1S/C32H32Cl2N6O5/c1-37(2)20-13-38(14-20)28-6-4-18(12-35-28)39-15-22(32(42)43)30(41)21-10-24(34)26(11-25(21)39)40-19-8-17(9-19)27(40)16-45-31-23(33)5-7-29(36-31)44-3/h4-7,10-12,15,17,19-20,27H,8-9,13-14,16H2,1-3H3,(H,42,43). The summed E-state index contributed by atoms with van der Waals surface area (Å²) in [6, 6.07) is 11.4. The highest BCUT2D eigenvalue weighted by molar-refractivity contribution is 6.34. The van der Waals surface area contributed by atoms with Crippen LogP contribution in [0.25, 0.3) is 16.6 Å². The van der Waals surface area contributed by atoms with Crippen LogP contribution in [-0.2, 0) is 0 Å². The lowest BCUT2D eigenvalue weighted by molar-refractivity contribution is 0.0695. The molecule has 234 valence electrons. The molecule has 6 heterocycles. The maximum absolute atomic E-state index is 13.4. The number of hydrogen-bond donors (Lipinski definition) is 1. The molecule has 8 rings (SSSR count). The third kappa shape index (κ3) is 5.12. The number of methoxy groups -OCH3 is 1. The highest BCUT2D eigenvalue weighted by Crippen LogP contribution is 2.50. The van der Waals surface area contributed by atoms with Crippen molar-refractivity contribution in [2.45, 2.75) is 31.0 Å². The molecule has 1 N–H and O–H groups in total. The zero-order chi connectivity index (χ0) is 31.6. The third-order valence-corrected chi connectivity index (χ3v) is 9.93. The minimum absolute atomic E-state index is 0.00375. The molecule has 0 radical (unpaired) electrons. The van der Waals surface area contributed by atoms with Crippen molar-refractivity contribution in [2.24, 2.45) is 5.92 Å². The molecule has 13 heteroatoms. The quantitative estimate of drug-likeness (QED) is 0.276. The van der Waals surface area contributed by atoms with E-state index in [1.54, 1.807) is 29.0 Å². The van der Waals surface area contributed by atoms with E-state index >= 15 is 0 Å². The van der Waals surface area contributed by atoms with Crippen LogP contribution >= 0.6 is 23.2 Å². The van der Waals surface area contributed by atoms with E-state index in [0.717, 1.165) is 37.4 Å². The van der Waals surface area contributed by atoms with Gasteiger partial charge in [0.15, 0.2) is 0 Å². The van der Waals surface area contributed by atoms with Gasteiger partial charge in [-0.3, -0.25) is 4.79 Å². The monoisotopic (exact) mass is 650 g/mol. The van der Waals surface area contributed by atoms with E-state index in [1.165, 1.54) is 13.3 Å². The van der Waals surface area contributed by atoms with Crippen molar-refractivity contribution >= 4 is 51.6 Å². The van der Waals surface area contributed by atoms with Gasteiger partial charge in [-0.25, -0.2) is 9.78 Å². The zero-order valence-corrected chi connectivity index (χ0v) is 26.5. The molecule has 4 aliphatic rings. The Bertz CT molecular complexity index is 1850. The highest BCUT2D eigenvalue weighted by atomic mass is 35.5. The highest BCUT2D eigenvalue weighted by Gasteiger charge is 2.51. The summed E-state index contributed by atoms with van der Waals surface area (Å²) in [5, 5.41) is 10.9. The average molecular weight is 652 g/mol. The van der Waals surface area contributed by atoms with Crippen molar-refractivity contribution in [1.29, 1.82) is 0 Å². The molecular formula is C32H32Cl2N6O5. The first-order valence-corrected chi connectivity index (χ1v) is 15.5. The molecule has 11 nitrogen and oxygen atoms in total. The number of carbonyl (C=O) groups is 1. The van der Waals surface area contributed by atoms with Crippen LogP contribution in [-0.4, -0.2) is 89.5 Å². The summed E-state index contributed by atoms with van der Waals surface area (Å²) < 4.78 is 13.1. The second kappa shape index (κ2) is 11.4. The molecule has 1 aromatic carbocycles. The number of halogens is 2. The number of benzene rings is 1. The van der Waals surface area contributed by atoms with E-state index in [4.69, 9.17) is 32.7 Å². The van der Waals surface area contributed by atoms with Gasteiger partial charge in [0.1, 0.15) is 23.0 Å². The van der Waals surface area contributed by atoms with Crippen LogP contribution in [0.5, 0.6) is 11.8 Å². The van der Waals surface area contributed by atoms with Gasteiger partial charge in [-0.2, -0.15) is 4.98 Å². The van der Waals surface area contributed by atoms with Gasteiger partial charge < -0.3 is 33.8 Å². The lowest BCUT2D eigenvalue weighted by Crippen LogP contribution is -2.57. The van der Waals surface area contributed by atoms with Gasteiger partial charge in [0.05, 0.1) is 41.3 Å². The van der Waals surface area contributed by atoms with Crippen molar-refractivity contribution < 1.29 is 19.4 Å². The van der Waals surface area contributed by atoms with Crippen LogP contribution in [0.1, 0.15) is 23.2 Å². The van der Waals surface area contributed by atoms with Crippen molar-refractivity contribution in [1.82, 2.24) is 19.4 Å². The summed E-state index contributed by atoms with van der Waals surface area (Å²) in [5.41, 5.74) is 0.990. The van der Waals surface area contributed by atoms with Gasteiger partial charge in [-0.1, -0.05) is 23.2 Å². The smallest absolute Gasteiger partial charge is 0.341 e. The number of rotatable bonds is 9. The average Bonchev–Trinajstić information content (AvgIpc) is 3.51. The Morgan fingerprint density at radius 3 is 2.56 bits per heavy atom. The third-order valence-electron chi connectivity index (χ3n) is 9.34. The molecule has 1 saturated carbocycles. The summed E-state index contributed by atoms with van der Waals surface area (Å²) in [6.45, 7) is 2.10. The Labute approximate surface area is 269 Å². The molecule has 3 aliphatic heterocycles. The van der Waals surface area contributed by atoms with Gasteiger partial charge in [0, 0.05) is 42.8 Å². The molecule has 3 saturated heterocycles. The van der Waals surface area contributed by atoms with Gasteiger partial charge in [0.2, 0.25) is 17.2 Å². The van der Waals surface area contributed by atoms with Gasteiger partial charge in [0.25, 0.3) is 0 Å². The normalized spacial score (nSPS) is 20.8. The number of carboxylic acids is 1. The summed E-state index contributed by atoms with van der Waals surface area (Å²) in [6.07, 6.45) is 5.05. The fourth-order valence-electron chi connectivity index (χ4n) is 6.62. The summed E-state index contributed by atoms with van der Waals surface area (Å²) >= 11 is 13.2. The molecule has 3 aromatic heterocycles.